The van der Waals surface area contributed by atoms with Crippen LogP contribution >= 0.6 is 0 Å². The molecule has 1 heterocycles. The molecule has 0 saturated carbocycles. The van der Waals surface area contributed by atoms with E-state index in [1.807, 2.05) is 0 Å². The van der Waals surface area contributed by atoms with E-state index in [0.29, 0.717) is 0 Å². The Kier molecular flexibility index (Phi) is 4.65. The highest BCUT2D eigenvalue weighted by atomic mass is 32.2. The lowest BCUT2D eigenvalue weighted by Crippen LogP contribution is -2.32. The van der Waals surface area contributed by atoms with Gasteiger partial charge in [-0.1, -0.05) is 0 Å². The van der Waals surface area contributed by atoms with Gasteiger partial charge >= 0.3 is 5.97 Å². The minimum atomic E-state index is -3.92. The molecule has 7 nitrogen and oxygen atoms in total. The van der Waals surface area contributed by atoms with Crippen molar-refractivity contribution in [3.63, 3.8) is 0 Å². The number of nitrogens with one attached hydrogen (secondary N) is 1. The average Bonchev–Trinajstić information content (AvgIpc) is 2.75. The molecule has 0 amide bonds. The van der Waals surface area contributed by atoms with E-state index in [9.17, 15) is 17.4 Å². The number of aromatic carboxylic acids is 1. The van der Waals surface area contributed by atoms with Crippen molar-refractivity contribution in [3.05, 3.63) is 17.9 Å². The summed E-state index contributed by atoms with van der Waals surface area (Å²) in [7, 11) is -5.07. The number of carboxylic acid groups (broad SMARTS) is 1. The zero-order valence-electron chi connectivity index (χ0n) is 9.74. The van der Waals surface area contributed by atoms with E-state index in [1.54, 1.807) is 6.92 Å². The second kappa shape index (κ2) is 5.63. The van der Waals surface area contributed by atoms with Crippen LogP contribution in [0.3, 0.4) is 0 Å². The van der Waals surface area contributed by atoms with Crippen LogP contribution in [0.4, 0.5) is 0 Å². The van der Waals surface area contributed by atoms with Crippen molar-refractivity contribution >= 4 is 26.8 Å². The molecule has 0 fully saturated rings. The number of hydrogen-bond acceptors (Lipinski definition) is 5. The lowest BCUT2D eigenvalue weighted by Gasteiger charge is -2.08. The molecule has 102 valence electrons. The molecule has 2 unspecified atom stereocenters. The second-order valence-electron chi connectivity index (χ2n) is 3.58. The summed E-state index contributed by atoms with van der Waals surface area (Å²) in [5.74, 6) is -1.80. The van der Waals surface area contributed by atoms with Crippen LogP contribution in [0.2, 0.25) is 0 Å². The standard InChI is InChI=1S/C9H13NO6S2/c1-6(17(2)13)5-10-18(14,15)8-4-3-7(16-8)9(11)12/h3-4,6,10H,5H2,1-2H3,(H,11,12). The zero-order valence-corrected chi connectivity index (χ0v) is 11.4. The number of carbonyl (C=O) groups is 1. The minimum Gasteiger partial charge on any atom is -0.475 e. The largest absolute Gasteiger partial charge is 0.475 e. The molecule has 0 aliphatic rings. The first-order chi connectivity index (χ1) is 8.24. The molecule has 0 bridgehead atoms. The summed E-state index contributed by atoms with van der Waals surface area (Å²) < 4.78 is 41.3. The van der Waals surface area contributed by atoms with Crippen molar-refractivity contribution in [2.45, 2.75) is 17.3 Å². The van der Waals surface area contributed by atoms with Gasteiger partial charge in [0, 0.05) is 28.9 Å². The van der Waals surface area contributed by atoms with E-state index in [2.05, 4.69) is 9.14 Å². The van der Waals surface area contributed by atoms with Crippen LogP contribution in [0.1, 0.15) is 17.5 Å². The Morgan fingerprint density at radius 2 is 2.17 bits per heavy atom. The molecule has 0 spiro atoms. The normalized spacial score (nSPS) is 15.2. The third-order valence-corrected chi connectivity index (χ3v) is 4.78. The van der Waals surface area contributed by atoms with Gasteiger partial charge in [-0.05, 0) is 19.1 Å². The van der Waals surface area contributed by atoms with E-state index in [0.717, 1.165) is 12.1 Å². The Labute approximate surface area is 107 Å². The predicted molar refractivity (Wildman–Crippen MR) is 64.4 cm³/mol. The van der Waals surface area contributed by atoms with Crippen molar-refractivity contribution in [1.82, 2.24) is 4.72 Å². The fourth-order valence-electron chi connectivity index (χ4n) is 0.995. The summed E-state index contributed by atoms with van der Waals surface area (Å²) in [4.78, 5) is 10.5. The molecule has 2 N–H and O–H groups in total. The summed E-state index contributed by atoms with van der Waals surface area (Å²) in [6.07, 6.45) is 1.47. The molecule has 2 atom stereocenters. The monoisotopic (exact) mass is 295 g/mol. The molecule has 1 aromatic rings. The Hall–Kier alpha value is -1.19. The van der Waals surface area contributed by atoms with Crippen molar-refractivity contribution in [2.75, 3.05) is 12.8 Å². The Morgan fingerprint density at radius 1 is 1.56 bits per heavy atom. The molecular formula is C9H13NO6S2. The van der Waals surface area contributed by atoms with Gasteiger partial charge in [0.1, 0.15) is 0 Å². The smallest absolute Gasteiger partial charge is 0.371 e. The second-order valence-corrected chi connectivity index (χ2v) is 7.08. The SMILES string of the molecule is CC(CNS(=O)(=O)c1ccc(C(=O)O)o1)S(C)=O. The maximum absolute atomic E-state index is 11.7. The molecule has 0 radical (unpaired) electrons. The van der Waals surface area contributed by atoms with Crippen LogP contribution in [0.15, 0.2) is 21.6 Å². The lowest BCUT2D eigenvalue weighted by molar-refractivity contribution is 0.0656. The Bertz CT molecular complexity index is 561. The third-order valence-electron chi connectivity index (χ3n) is 2.18. The van der Waals surface area contributed by atoms with Gasteiger partial charge in [0.2, 0.25) is 10.9 Å². The molecule has 9 heteroatoms. The highest BCUT2D eigenvalue weighted by Crippen LogP contribution is 2.13. The molecule has 1 rings (SSSR count). The number of carboxylic acids is 1. The van der Waals surface area contributed by atoms with Gasteiger partial charge in [0.05, 0.1) is 0 Å². The Balaban J connectivity index is 2.80. The summed E-state index contributed by atoms with van der Waals surface area (Å²) >= 11 is 0. The fraction of sp³-hybridized carbons (Fsp3) is 0.444. The summed E-state index contributed by atoms with van der Waals surface area (Å²) in [5.41, 5.74) is 0. The van der Waals surface area contributed by atoms with Gasteiger partial charge in [-0.15, -0.1) is 0 Å². The van der Waals surface area contributed by atoms with E-state index in [4.69, 9.17) is 5.11 Å². The molecule has 0 aromatic carbocycles. The quantitative estimate of drug-likeness (QED) is 0.765. The van der Waals surface area contributed by atoms with Gasteiger partial charge in [-0.2, -0.15) is 0 Å². The summed E-state index contributed by atoms with van der Waals surface area (Å²) in [6.45, 7) is 1.61. The van der Waals surface area contributed by atoms with E-state index in [-0.39, 0.29) is 11.8 Å². The van der Waals surface area contributed by atoms with Gasteiger partial charge in [-0.3, -0.25) is 4.21 Å². The Morgan fingerprint density at radius 3 is 2.61 bits per heavy atom. The maximum atomic E-state index is 11.7. The number of rotatable bonds is 6. The van der Waals surface area contributed by atoms with Crippen LogP contribution in [0.5, 0.6) is 0 Å². The highest BCUT2D eigenvalue weighted by Gasteiger charge is 2.21. The van der Waals surface area contributed by atoms with E-state index >= 15 is 0 Å². The van der Waals surface area contributed by atoms with Crippen LogP contribution in [-0.2, 0) is 20.8 Å². The summed E-state index contributed by atoms with van der Waals surface area (Å²) in [6, 6.07) is 2.11. The fourth-order valence-corrected chi connectivity index (χ4v) is 2.48. The van der Waals surface area contributed by atoms with Gasteiger partial charge in [-0.25, -0.2) is 17.9 Å². The van der Waals surface area contributed by atoms with Crippen LogP contribution in [0.25, 0.3) is 0 Å². The third kappa shape index (κ3) is 3.65. The first-order valence-corrected chi connectivity index (χ1v) is 7.99. The average molecular weight is 295 g/mol. The minimum absolute atomic E-state index is 0.0193. The van der Waals surface area contributed by atoms with Crippen LogP contribution in [0, 0.1) is 0 Å². The first-order valence-electron chi connectivity index (χ1n) is 4.89. The van der Waals surface area contributed by atoms with Gasteiger partial charge < -0.3 is 9.52 Å². The number of furan rings is 1. The molecule has 0 aliphatic carbocycles. The molecule has 1 aromatic heterocycles. The molecule has 0 aliphatic heterocycles. The highest BCUT2D eigenvalue weighted by molar-refractivity contribution is 7.89. The molecular weight excluding hydrogens is 282 g/mol. The summed E-state index contributed by atoms with van der Waals surface area (Å²) in [5, 5.41) is 7.77. The van der Waals surface area contributed by atoms with Crippen molar-refractivity contribution in [1.29, 1.82) is 0 Å². The topological polar surface area (TPSA) is 114 Å². The van der Waals surface area contributed by atoms with Crippen molar-refractivity contribution in [3.8, 4) is 0 Å². The number of hydrogen-bond donors (Lipinski definition) is 2. The number of sulfonamides is 1. The van der Waals surface area contributed by atoms with Crippen molar-refractivity contribution < 1.29 is 26.9 Å². The van der Waals surface area contributed by atoms with E-state index < -0.39 is 37.6 Å². The molecule has 0 saturated heterocycles. The maximum Gasteiger partial charge on any atom is 0.371 e. The van der Waals surface area contributed by atoms with Crippen LogP contribution in [-0.4, -0.2) is 41.8 Å². The van der Waals surface area contributed by atoms with Crippen LogP contribution < -0.4 is 4.72 Å². The van der Waals surface area contributed by atoms with Crippen molar-refractivity contribution in [2.24, 2.45) is 0 Å². The predicted octanol–water partition coefficient (Wildman–Crippen LogP) is 0.0231. The lowest BCUT2D eigenvalue weighted by atomic mass is 10.5. The first kappa shape index (κ1) is 14.9. The van der Waals surface area contributed by atoms with E-state index in [1.165, 1.54) is 6.26 Å². The zero-order chi connectivity index (χ0) is 13.9. The van der Waals surface area contributed by atoms with Gasteiger partial charge in [0.25, 0.3) is 10.0 Å². The molecule has 18 heavy (non-hydrogen) atoms. The van der Waals surface area contributed by atoms with Gasteiger partial charge in [0.15, 0.2) is 0 Å².